The van der Waals surface area contributed by atoms with E-state index in [1.165, 1.54) is 7.11 Å². The molecule has 2 heterocycles. The van der Waals surface area contributed by atoms with Crippen molar-refractivity contribution in [3.05, 3.63) is 42.6 Å². The van der Waals surface area contributed by atoms with E-state index in [0.29, 0.717) is 11.4 Å². The van der Waals surface area contributed by atoms with Crippen molar-refractivity contribution >= 4 is 5.97 Å². The van der Waals surface area contributed by atoms with Gasteiger partial charge >= 0.3 is 5.97 Å². The number of methoxy groups -OCH3 is 1. The Hall–Kier alpha value is -2.17. The summed E-state index contributed by atoms with van der Waals surface area (Å²) in [7, 11) is 1.35. The number of rotatable bonds is 2. The van der Waals surface area contributed by atoms with E-state index in [0.717, 1.165) is 0 Å². The predicted molar refractivity (Wildman–Crippen MR) is 52.7 cm³/mol. The molecule has 0 aliphatic heterocycles. The Bertz CT molecular complexity index is 465. The summed E-state index contributed by atoms with van der Waals surface area (Å²) in [6.07, 6.45) is 6.57. The third kappa shape index (κ3) is 1.85. The molecule has 0 aliphatic rings. The molecule has 0 atom stereocenters. The fourth-order valence-electron chi connectivity index (χ4n) is 1.20. The minimum absolute atomic E-state index is 0.376. The Kier molecular flexibility index (Phi) is 2.45. The van der Waals surface area contributed by atoms with Gasteiger partial charge in [-0.25, -0.2) is 14.8 Å². The van der Waals surface area contributed by atoms with E-state index in [-0.39, 0.29) is 5.97 Å². The first kappa shape index (κ1) is 9.39. The number of imidazole rings is 1. The molecular weight excluding hydrogens is 194 g/mol. The Balaban J connectivity index is 2.39. The molecule has 0 spiro atoms. The van der Waals surface area contributed by atoms with E-state index in [9.17, 15) is 4.79 Å². The van der Waals surface area contributed by atoms with Crippen LogP contribution in [-0.2, 0) is 4.74 Å². The lowest BCUT2D eigenvalue weighted by Gasteiger charge is -2.02. The topological polar surface area (TPSA) is 57.0 Å². The summed E-state index contributed by atoms with van der Waals surface area (Å²) in [5.74, 6) is 0.258. The van der Waals surface area contributed by atoms with E-state index in [4.69, 9.17) is 0 Å². The quantitative estimate of drug-likeness (QED) is 0.684. The number of aromatic nitrogens is 3. The third-order valence-electron chi connectivity index (χ3n) is 1.94. The fraction of sp³-hybridized carbons (Fsp3) is 0.100. The van der Waals surface area contributed by atoms with Crippen LogP contribution in [0.3, 0.4) is 0 Å². The number of nitrogens with zero attached hydrogens (tertiary/aromatic N) is 3. The highest BCUT2D eigenvalue weighted by Gasteiger charge is 2.06. The molecule has 0 saturated heterocycles. The molecule has 0 radical (unpaired) electrons. The zero-order valence-corrected chi connectivity index (χ0v) is 8.12. The zero-order chi connectivity index (χ0) is 10.7. The van der Waals surface area contributed by atoms with Gasteiger partial charge in [0.1, 0.15) is 12.1 Å². The van der Waals surface area contributed by atoms with Gasteiger partial charge in [-0.1, -0.05) is 0 Å². The van der Waals surface area contributed by atoms with E-state index in [2.05, 4.69) is 14.7 Å². The van der Waals surface area contributed by atoms with E-state index >= 15 is 0 Å². The van der Waals surface area contributed by atoms with Crippen LogP contribution in [0.1, 0.15) is 10.4 Å². The van der Waals surface area contributed by atoms with Gasteiger partial charge in [0.25, 0.3) is 0 Å². The number of hydrogen-bond donors (Lipinski definition) is 0. The third-order valence-corrected chi connectivity index (χ3v) is 1.94. The maximum absolute atomic E-state index is 11.3. The molecule has 15 heavy (non-hydrogen) atoms. The van der Waals surface area contributed by atoms with Crippen molar-refractivity contribution in [2.75, 3.05) is 7.11 Å². The summed E-state index contributed by atoms with van der Waals surface area (Å²) < 4.78 is 6.33. The predicted octanol–water partition coefficient (Wildman–Crippen LogP) is 1.05. The second-order valence-corrected chi connectivity index (χ2v) is 2.86. The van der Waals surface area contributed by atoms with Gasteiger partial charge in [0.15, 0.2) is 0 Å². The van der Waals surface area contributed by atoms with Crippen LogP contribution < -0.4 is 0 Å². The molecule has 0 fully saturated rings. The maximum Gasteiger partial charge on any atom is 0.338 e. The number of esters is 1. The first-order valence-electron chi connectivity index (χ1n) is 4.34. The molecule has 0 amide bonds. The zero-order valence-electron chi connectivity index (χ0n) is 8.12. The van der Waals surface area contributed by atoms with Crippen LogP contribution in [0.2, 0.25) is 0 Å². The second kappa shape index (κ2) is 3.91. The van der Waals surface area contributed by atoms with Crippen molar-refractivity contribution in [2.45, 2.75) is 0 Å². The summed E-state index contributed by atoms with van der Waals surface area (Å²) in [6, 6.07) is 3.25. The summed E-state index contributed by atoms with van der Waals surface area (Å²) in [5.41, 5.74) is 0.469. The number of ether oxygens (including phenoxy) is 1. The van der Waals surface area contributed by atoms with Crippen LogP contribution in [0.15, 0.2) is 37.1 Å². The van der Waals surface area contributed by atoms with Gasteiger partial charge in [0.05, 0.1) is 12.7 Å². The van der Waals surface area contributed by atoms with Crippen molar-refractivity contribution in [3.8, 4) is 5.82 Å². The highest BCUT2D eigenvalue weighted by atomic mass is 16.5. The number of carbonyl (C=O) groups excluding carboxylic acids is 1. The molecule has 0 aliphatic carbocycles. The number of hydrogen-bond acceptors (Lipinski definition) is 4. The smallest absolute Gasteiger partial charge is 0.338 e. The summed E-state index contributed by atoms with van der Waals surface area (Å²) in [5, 5.41) is 0. The average Bonchev–Trinajstić information content (AvgIpc) is 2.82. The molecule has 2 aromatic rings. The molecule has 0 unspecified atom stereocenters. The molecule has 0 saturated carbocycles. The lowest BCUT2D eigenvalue weighted by atomic mass is 10.2. The van der Waals surface area contributed by atoms with E-state index < -0.39 is 0 Å². The van der Waals surface area contributed by atoms with Crippen LogP contribution in [0.5, 0.6) is 0 Å². The standard InChI is InChI=1S/C10H9N3O2/c1-15-10(14)8-2-3-12-9(6-8)13-5-4-11-7-13/h2-7H,1H3. The highest BCUT2D eigenvalue weighted by molar-refractivity contribution is 5.89. The maximum atomic E-state index is 11.3. The van der Waals surface area contributed by atoms with E-state index in [1.54, 1.807) is 41.6 Å². The second-order valence-electron chi connectivity index (χ2n) is 2.86. The Morgan fingerprint density at radius 2 is 2.33 bits per heavy atom. The van der Waals surface area contributed by atoms with Crippen molar-refractivity contribution < 1.29 is 9.53 Å². The molecule has 0 N–H and O–H groups in total. The molecule has 5 heteroatoms. The van der Waals surface area contributed by atoms with Gasteiger partial charge < -0.3 is 4.74 Å². The van der Waals surface area contributed by atoms with Crippen molar-refractivity contribution in [3.63, 3.8) is 0 Å². The summed E-state index contributed by atoms with van der Waals surface area (Å²) in [6.45, 7) is 0. The molecule has 2 aromatic heterocycles. The van der Waals surface area contributed by atoms with Crippen LogP contribution in [0.4, 0.5) is 0 Å². The van der Waals surface area contributed by atoms with Crippen LogP contribution in [0.25, 0.3) is 5.82 Å². The first-order chi connectivity index (χ1) is 7.31. The van der Waals surface area contributed by atoms with E-state index in [1.807, 2.05) is 0 Å². The molecule has 0 aromatic carbocycles. The molecule has 5 nitrogen and oxygen atoms in total. The Morgan fingerprint density at radius 1 is 1.47 bits per heavy atom. The number of carbonyl (C=O) groups is 1. The molecular formula is C10H9N3O2. The van der Waals surface area contributed by atoms with Crippen molar-refractivity contribution in [2.24, 2.45) is 0 Å². The molecule has 76 valence electrons. The van der Waals surface area contributed by atoms with Crippen LogP contribution >= 0.6 is 0 Å². The SMILES string of the molecule is COC(=O)c1ccnc(-n2ccnc2)c1. The van der Waals surface area contributed by atoms with Gasteiger partial charge in [-0.3, -0.25) is 4.57 Å². The van der Waals surface area contributed by atoms with Crippen LogP contribution in [0, 0.1) is 0 Å². The van der Waals surface area contributed by atoms with Crippen molar-refractivity contribution in [1.29, 1.82) is 0 Å². The number of pyridine rings is 1. The van der Waals surface area contributed by atoms with Crippen molar-refractivity contribution in [1.82, 2.24) is 14.5 Å². The molecule has 2 rings (SSSR count). The normalized spacial score (nSPS) is 9.93. The monoisotopic (exact) mass is 203 g/mol. The first-order valence-corrected chi connectivity index (χ1v) is 4.34. The Morgan fingerprint density at radius 3 is 3.00 bits per heavy atom. The minimum atomic E-state index is -0.376. The van der Waals surface area contributed by atoms with Gasteiger partial charge in [0.2, 0.25) is 0 Å². The lowest BCUT2D eigenvalue weighted by molar-refractivity contribution is 0.0600. The van der Waals surface area contributed by atoms with Crippen LogP contribution in [-0.4, -0.2) is 27.6 Å². The lowest BCUT2D eigenvalue weighted by Crippen LogP contribution is -2.03. The van der Waals surface area contributed by atoms with Gasteiger partial charge in [-0.05, 0) is 12.1 Å². The minimum Gasteiger partial charge on any atom is -0.465 e. The fourth-order valence-corrected chi connectivity index (χ4v) is 1.20. The van der Waals surface area contributed by atoms with Gasteiger partial charge in [0, 0.05) is 18.6 Å². The Labute approximate surface area is 86.4 Å². The average molecular weight is 203 g/mol. The highest BCUT2D eigenvalue weighted by Crippen LogP contribution is 2.07. The summed E-state index contributed by atoms with van der Waals surface area (Å²) in [4.78, 5) is 19.3. The van der Waals surface area contributed by atoms with Gasteiger partial charge in [-0.15, -0.1) is 0 Å². The largest absolute Gasteiger partial charge is 0.465 e. The van der Waals surface area contributed by atoms with Gasteiger partial charge in [-0.2, -0.15) is 0 Å². The summed E-state index contributed by atoms with van der Waals surface area (Å²) >= 11 is 0. The molecule has 0 bridgehead atoms.